The van der Waals surface area contributed by atoms with E-state index in [1.165, 1.54) is 12.8 Å². The first kappa shape index (κ1) is 14.4. The quantitative estimate of drug-likeness (QED) is 0.650. The maximum Gasteiger partial charge on any atom is 0.131 e. The topological polar surface area (TPSA) is 59.1 Å². The van der Waals surface area contributed by atoms with Crippen molar-refractivity contribution in [2.45, 2.75) is 45.6 Å². The van der Waals surface area contributed by atoms with Crippen LogP contribution in [0.3, 0.4) is 0 Å². The molecule has 1 aliphatic rings. The van der Waals surface area contributed by atoms with E-state index in [-0.39, 0.29) is 11.9 Å². The standard InChI is InChI=1S/C15H21BrN2O/c1-15(2)7-5-11(6-8-15)19-13-9-10(16)3-4-12(13)14(17)18/h3-4,9,11H,5-8H2,1-2H3,(H3,17,18). The Hall–Kier alpha value is -1.03. The van der Waals surface area contributed by atoms with Gasteiger partial charge in [-0.25, -0.2) is 0 Å². The van der Waals surface area contributed by atoms with Crippen molar-refractivity contribution in [2.24, 2.45) is 11.1 Å². The van der Waals surface area contributed by atoms with Crippen molar-refractivity contribution in [2.75, 3.05) is 0 Å². The van der Waals surface area contributed by atoms with Gasteiger partial charge < -0.3 is 10.5 Å². The number of rotatable bonds is 3. The molecule has 1 saturated carbocycles. The lowest BCUT2D eigenvalue weighted by atomic mass is 9.76. The van der Waals surface area contributed by atoms with Crippen LogP contribution in [0.25, 0.3) is 0 Å². The molecule has 0 aromatic heterocycles. The van der Waals surface area contributed by atoms with Crippen LogP contribution < -0.4 is 10.5 Å². The van der Waals surface area contributed by atoms with Crippen molar-refractivity contribution >= 4 is 21.8 Å². The van der Waals surface area contributed by atoms with Gasteiger partial charge >= 0.3 is 0 Å². The van der Waals surface area contributed by atoms with Crippen LogP contribution in [0.5, 0.6) is 5.75 Å². The lowest BCUT2D eigenvalue weighted by Crippen LogP contribution is -2.29. The van der Waals surface area contributed by atoms with Crippen LogP contribution in [0.15, 0.2) is 22.7 Å². The number of benzene rings is 1. The summed E-state index contributed by atoms with van der Waals surface area (Å²) in [7, 11) is 0. The van der Waals surface area contributed by atoms with Crippen LogP contribution in [-0.4, -0.2) is 11.9 Å². The van der Waals surface area contributed by atoms with E-state index in [0.29, 0.717) is 16.7 Å². The van der Waals surface area contributed by atoms with E-state index in [0.717, 1.165) is 17.3 Å². The number of nitrogens with two attached hydrogens (primary N) is 1. The molecule has 0 bridgehead atoms. The first-order chi connectivity index (χ1) is 8.87. The lowest BCUT2D eigenvalue weighted by Gasteiger charge is -2.34. The molecule has 3 nitrogen and oxygen atoms in total. The minimum Gasteiger partial charge on any atom is -0.490 e. The maximum absolute atomic E-state index is 7.61. The molecule has 1 fully saturated rings. The van der Waals surface area contributed by atoms with Crippen LogP contribution in [0.4, 0.5) is 0 Å². The fourth-order valence-electron chi connectivity index (χ4n) is 2.49. The fraction of sp³-hybridized carbons (Fsp3) is 0.533. The molecular formula is C15H21BrN2O. The lowest BCUT2D eigenvalue weighted by molar-refractivity contribution is 0.0985. The Morgan fingerprint density at radius 1 is 1.37 bits per heavy atom. The Kier molecular flexibility index (Phi) is 4.19. The van der Waals surface area contributed by atoms with Gasteiger partial charge in [-0.3, -0.25) is 5.41 Å². The van der Waals surface area contributed by atoms with Crippen LogP contribution in [-0.2, 0) is 0 Å². The van der Waals surface area contributed by atoms with Crippen molar-refractivity contribution in [1.82, 2.24) is 0 Å². The van der Waals surface area contributed by atoms with Gasteiger partial charge in [0.25, 0.3) is 0 Å². The van der Waals surface area contributed by atoms with E-state index < -0.39 is 0 Å². The van der Waals surface area contributed by atoms with Gasteiger partial charge in [0.2, 0.25) is 0 Å². The van der Waals surface area contributed by atoms with E-state index in [1.807, 2.05) is 18.2 Å². The number of hydrogen-bond donors (Lipinski definition) is 2. The van der Waals surface area contributed by atoms with E-state index in [1.54, 1.807) is 0 Å². The molecule has 0 radical (unpaired) electrons. The van der Waals surface area contributed by atoms with Crippen LogP contribution in [0.2, 0.25) is 0 Å². The summed E-state index contributed by atoms with van der Waals surface area (Å²) in [6.07, 6.45) is 4.73. The largest absolute Gasteiger partial charge is 0.490 e. The summed E-state index contributed by atoms with van der Waals surface area (Å²) in [5, 5.41) is 7.61. The molecule has 0 heterocycles. The summed E-state index contributed by atoms with van der Waals surface area (Å²) in [6.45, 7) is 4.62. The molecule has 1 aromatic carbocycles. The molecule has 1 aliphatic carbocycles. The third-order valence-corrected chi connectivity index (χ3v) is 4.31. The smallest absolute Gasteiger partial charge is 0.131 e. The molecule has 2 rings (SSSR count). The Bertz CT molecular complexity index is 475. The Labute approximate surface area is 123 Å². The van der Waals surface area contributed by atoms with E-state index in [4.69, 9.17) is 15.9 Å². The van der Waals surface area contributed by atoms with Gasteiger partial charge in [0, 0.05) is 4.47 Å². The highest BCUT2D eigenvalue weighted by molar-refractivity contribution is 9.10. The highest BCUT2D eigenvalue weighted by atomic mass is 79.9. The summed E-state index contributed by atoms with van der Waals surface area (Å²) < 4.78 is 7.02. The molecule has 1 aromatic rings. The van der Waals surface area contributed by atoms with Gasteiger partial charge in [-0.15, -0.1) is 0 Å². The molecule has 0 aliphatic heterocycles. The highest BCUT2D eigenvalue weighted by Gasteiger charge is 2.28. The zero-order valence-electron chi connectivity index (χ0n) is 11.5. The SMILES string of the molecule is CC1(C)CCC(Oc2cc(Br)ccc2C(=N)N)CC1. The molecule has 0 amide bonds. The van der Waals surface area contributed by atoms with Gasteiger partial charge in [0.05, 0.1) is 11.7 Å². The zero-order chi connectivity index (χ0) is 14.0. The normalized spacial score (nSPS) is 19.1. The Morgan fingerprint density at radius 3 is 2.58 bits per heavy atom. The average molecular weight is 325 g/mol. The minimum atomic E-state index is 0.0543. The average Bonchev–Trinajstić information content (AvgIpc) is 2.31. The fourth-order valence-corrected chi connectivity index (χ4v) is 2.83. The van der Waals surface area contributed by atoms with Crippen molar-refractivity contribution in [3.05, 3.63) is 28.2 Å². The van der Waals surface area contributed by atoms with E-state index in [9.17, 15) is 0 Å². The van der Waals surface area contributed by atoms with Crippen molar-refractivity contribution < 1.29 is 4.74 Å². The van der Waals surface area contributed by atoms with Gasteiger partial charge in [0.1, 0.15) is 11.6 Å². The second-order valence-electron chi connectivity index (χ2n) is 6.04. The van der Waals surface area contributed by atoms with Crippen LogP contribution in [0, 0.1) is 10.8 Å². The molecular weight excluding hydrogens is 304 g/mol. The second kappa shape index (κ2) is 5.53. The first-order valence-corrected chi connectivity index (χ1v) is 7.47. The van der Waals surface area contributed by atoms with Crippen molar-refractivity contribution in [1.29, 1.82) is 5.41 Å². The van der Waals surface area contributed by atoms with E-state index >= 15 is 0 Å². The summed E-state index contributed by atoms with van der Waals surface area (Å²) in [5.41, 5.74) is 6.71. The predicted octanol–water partition coefficient (Wildman–Crippen LogP) is 4.08. The molecule has 0 saturated heterocycles. The molecule has 3 N–H and O–H groups in total. The Morgan fingerprint density at radius 2 is 2.00 bits per heavy atom. The number of ether oxygens (including phenoxy) is 1. The van der Waals surface area contributed by atoms with Gasteiger partial charge in [-0.1, -0.05) is 29.8 Å². The molecule has 0 spiro atoms. The summed E-state index contributed by atoms with van der Waals surface area (Å²) in [5.74, 6) is 0.769. The third kappa shape index (κ3) is 3.72. The third-order valence-electron chi connectivity index (χ3n) is 3.81. The van der Waals surface area contributed by atoms with Gasteiger partial charge in [0.15, 0.2) is 0 Å². The number of nitrogen functional groups attached to an aromatic ring is 1. The van der Waals surface area contributed by atoms with Crippen LogP contribution in [0.1, 0.15) is 45.1 Å². The Balaban J connectivity index is 2.11. The highest BCUT2D eigenvalue weighted by Crippen LogP contribution is 2.37. The summed E-state index contributed by atoms with van der Waals surface area (Å²) >= 11 is 3.44. The number of halogens is 1. The van der Waals surface area contributed by atoms with E-state index in [2.05, 4.69) is 29.8 Å². The van der Waals surface area contributed by atoms with Gasteiger partial charge in [-0.05, 0) is 49.3 Å². The minimum absolute atomic E-state index is 0.0543. The number of nitrogens with one attached hydrogen (secondary N) is 1. The van der Waals surface area contributed by atoms with Crippen LogP contribution >= 0.6 is 15.9 Å². The molecule has 4 heteroatoms. The van der Waals surface area contributed by atoms with Crippen molar-refractivity contribution in [3.8, 4) is 5.75 Å². The molecule has 104 valence electrons. The second-order valence-corrected chi connectivity index (χ2v) is 6.95. The number of amidine groups is 1. The molecule has 0 atom stereocenters. The molecule has 19 heavy (non-hydrogen) atoms. The van der Waals surface area contributed by atoms with Crippen molar-refractivity contribution in [3.63, 3.8) is 0 Å². The van der Waals surface area contributed by atoms with Gasteiger partial charge in [-0.2, -0.15) is 0 Å². The summed E-state index contributed by atoms with van der Waals surface area (Å²) in [4.78, 5) is 0. The zero-order valence-corrected chi connectivity index (χ0v) is 13.1. The predicted molar refractivity (Wildman–Crippen MR) is 81.8 cm³/mol. The number of hydrogen-bond acceptors (Lipinski definition) is 2. The maximum atomic E-state index is 7.61. The molecule has 0 unspecified atom stereocenters. The first-order valence-electron chi connectivity index (χ1n) is 6.68. The summed E-state index contributed by atoms with van der Waals surface area (Å²) in [6, 6.07) is 5.61. The monoisotopic (exact) mass is 324 g/mol.